The van der Waals surface area contributed by atoms with Crippen LogP contribution < -0.4 is 10.1 Å². The molecule has 0 fully saturated rings. The number of benzene rings is 2. The molecule has 1 amide bonds. The highest BCUT2D eigenvalue weighted by molar-refractivity contribution is 5.94. The van der Waals surface area contributed by atoms with Gasteiger partial charge in [-0.25, -0.2) is 0 Å². The van der Waals surface area contributed by atoms with Gasteiger partial charge >= 0.3 is 0 Å². The first-order valence-electron chi connectivity index (χ1n) is 7.48. The molecule has 3 nitrogen and oxygen atoms in total. The van der Waals surface area contributed by atoms with E-state index in [4.69, 9.17) is 4.74 Å². The SMILES string of the molecule is Cc1cc(C)cc(NC(=O)[C@H](C)Oc2cc(C)ccc2C)c1. The lowest BCUT2D eigenvalue weighted by Gasteiger charge is -2.17. The van der Waals surface area contributed by atoms with Gasteiger partial charge in [0.1, 0.15) is 5.75 Å². The molecule has 0 aliphatic heterocycles. The highest BCUT2D eigenvalue weighted by atomic mass is 16.5. The van der Waals surface area contributed by atoms with E-state index in [-0.39, 0.29) is 5.91 Å². The maximum Gasteiger partial charge on any atom is 0.265 e. The summed E-state index contributed by atoms with van der Waals surface area (Å²) in [4.78, 5) is 12.3. The van der Waals surface area contributed by atoms with Crippen LogP contribution in [0.5, 0.6) is 5.75 Å². The summed E-state index contributed by atoms with van der Waals surface area (Å²) in [5.74, 6) is 0.606. The van der Waals surface area contributed by atoms with Crippen LogP contribution >= 0.6 is 0 Å². The van der Waals surface area contributed by atoms with E-state index < -0.39 is 6.10 Å². The Hall–Kier alpha value is -2.29. The minimum atomic E-state index is -0.554. The smallest absolute Gasteiger partial charge is 0.265 e. The molecule has 2 aromatic rings. The average Bonchev–Trinajstić information content (AvgIpc) is 2.41. The van der Waals surface area contributed by atoms with Gasteiger partial charge in [-0.2, -0.15) is 0 Å². The molecule has 22 heavy (non-hydrogen) atoms. The summed E-state index contributed by atoms with van der Waals surface area (Å²) in [6, 6.07) is 12.0. The lowest BCUT2D eigenvalue weighted by Crippen LogP contribution is -2.30. The number of anilines is 1. The van der Waals surface area contributed by atoms with E-state index in [2.05, 4.69) is 11.4 Å². The van der Waals surface area contributed by atoms with Crippen molar-refractivity contribution in [3.8, 4) is 5.75 Å². The Bertz CT molecular complexity index is 672. The van der Waals surface area contributed by atoms with Crippen molar-refractivity contribution in [1.82, 2.24) is 0 Å². The lowest BCUT2D eigenvalue weighted by molar-refractivity contribution is -0.122. The molecule has 0 aliphatic carbocycles. The predicted octanol–water partition coefficient (Wildman–Crippen LogP) is 4.33. The number of aryl methyl sites for hydroxylation is 4. The molecule has 0 radical (unpaired) electrons. The summed E-state index contributed by atoms with van der Waals surface area (Å²) in [5.41, 5.74) is 5.19. The first-order chi connectivity index (χ1) is 10.3. The summed E-state index contributed by atoms with van der Waals surface area (Å²) in [6.45, 7) is 9.77. The topological polar surface area (TPSA) is 38.3 Å². The zero-order valence-corrected chi connectivity index (χ0v) is 13.9. The van der Waals surface area contributed by atoms with Gasteiger partial charge in [0.2, 0.25) is 0 Å². The number of carbonyl (C=O) groups is 1. The molecule has 0 heterocycles. The van der Waals surface area contributed by atoms with Crippen molar-refractivity contribution in [1.29, 1.82) is 0 Å². The van der Waals surface area contributed by atoms with Crippen LogP contribution in [0.2, 0.25) is 0 Å². The van der Waals surface area contributed by atoms with Crippen LogP contribution in [0.25, 0.3) is 0 Å². The zero-order chi connectivity index (χ0) is 16.3. The maximum atomic E-state index is 12.3. The third kappa shape index (κ3) is 4.10. The van der Waals surface area contributed by atoms with Gasteiger partial charge < -0.3 is 10.1 Å². The monoisotopic (exact) mass is 297 g/mol. The first-order valence-corrected chi connectivity index (χ1v) is 7.48. The number of nitrogens with one attached hydrogen (secondary N) is 1. The Morgan fingerprint density at radius 3 is 2.23 bits per heavy atom. The van der Waals surface area contributed by atoms with Crippen molar-refractivity contribution in [2.24, 2.45) is 0 Å². The molecule has 0 aromatic heterocycles. The van der Waals surface area contributed by atoms with E-state index in [1.165, 1.54) is 0 Å². The standard InChI is InChI=1S/C19H23NO2/c1-12-6-7-15(4)18(11-12)22-16(5)19(21)20-17-9-13(2)8-14(3)10-17/h6-11,16H,1-5H3,(H,20,21)/t16-/m0/s1. The van der Waals surface area contributed by atoms with Crippen molar-refractivity contribution >= 4 is 11.6 Å². The van der Waals surface area contributed by atoms with Crippen molar-refractivity contribution in [2.75, 3.05) is 5.32 Å². The molecule has 1 atom stereocenters. The quantitative estimate of drug-likeness (QED) is 0.912. The minimum absolute atomic E-state index is 0.147. The summed E-state index contributed by atoms with van der Waals surface area (Å²) < 4.78 is 5.81. The van der Waals surface area contributed by atoms with E-state index in [0.29, 0.717) is 0 Å². The fourth-order valence-corrected chi connectivity index (χ4v) is 2.37. The van der Waals surface area contributed by atoms with Gasteiger partial charge in [-0.1, -0.05) is 18.2 Å². The molecule has 1 N–H and O–H groups in total. The summed E-state index contributed by atoms with van der Waals surface area (Å²) in [6.07, 6.45) is -0.554. The van der Waals surface area contributed by atoms with Gasteiger partial charge in [0.05, 0.1) is 0 Å². The summed E-state index contributed by atoms with van der Waals surface area (Å²) in [7, 11) is 0. The van der Waals surface area contributed by atoms with Crippen LogP contribution in [-0.4, -0.2) is 12.0 Å². The van der Waals surface area contributed by atoms with E-state index >= 15 is 0 Å². The average molecular weight is 297 g/mol. The summed E-state index contributed by atoms with van der Waals surface area (Å²) >= 11 is 0. The highest BCUT2D eigenvalue weighted by Crippen LogP contribution is 2.21. The van der Waals surface area contributed by atoms with E-state index in [1.54, 1.807) is 6.92 Å². The molecule has 0 spiro atoms. The number of carbonyl (C=O) groups excluding carboxylic acids is 1. The molecular weight excluding hydrogens is 274 g/mol. The van der Waals surface area contributed by atoms with Crippen molar-refractivity contribution in [2.45, 2.75) is 40.7 Å². The Labute approximate surface area is 132 Å². The zero-order valence-electron chi connectivity index (χ0n) is 13.9. The van der Waals surface area contributed by atoms with Crippen molar-refractivity contribution < 1.29 is 9.53 Å². The second-order valence-corrected chi connectivity index (χ2v) is 5.89. The third-order valence-electron chi connectivity index (χ3n) is 3.51. The van der Waals surface area contributed by atoms with Crippen LogP contribution in [0.1, 0.15) is 29.2 Å². The lowest BCUT2D eigenvalue weighted by atomic mass is 10.1. The molecule has 2 rings (SSSR count). The molecule has 0 bridgehead atoms. The van der Waals surface area contributed by atoms with E-state index in [1.807, 2.05) is 58.0 Å². The third-order valence-corrected chi connectivity index (χ3v) is 3.51. The van der Waals surface area contributed by atoms with Crippen molar-refractivity contribution in [3.05, 3.63) is 58.7 Å². The van der Waals surface area contributed by atoms with Crippen LogP contribution in [0.15, 0.2) is 36.4 Å². The number of amides is 1. The van der Waals surface area contributed by atoms with Gasteiger partial charge in [-0.3, -0.25) is 4.79 Å². The van der Waals surface area contributed by atoms with Crippen LogP contribution in [0, 0.1) is 27.7 Å². The van der Waals surface area contributed by atoms with Crippen LogP contribution in [0.3, 0.4) is 0 Å². The Kier molecular flexibility index (Phi) is 4.86. The van der Waals surface area contributed by atoms with Gasteiger partial charge in [0.25, 0.3) is 5.91 Å². The fraction of sp³-hybridized carbons (Fsp3) is 0.316. The highest BCUT2D eigenvalue weighted by Gasteiger charge is 2.16. The van der Waals surface area contributed by atoms with Gasteiger partial charge in [-0.05, 0) is 75.1 Å². The molecule has 0 saturated carbocycles. The minimum Gasteiger partial charge on any atom is -0.481 e. The molecule has 0 saturated heterocycles. The van der Waals surface area contributed by atoms with Crippen molar-refractivity contribution in [3.63, 3.8) is 0 Å². The molecule has 3 heteroatoms. The predicted molar refractivity (Wildman–Crippen MR) is 90.6 cm³/mol. The maximum absolute atomic E-state index is 12.3. The van der Waals surface area contributed by atoms with E-state index in [0.717, 1.165) is 33.7 Å². The Morgan fingerprint density at radius 1 is 0.955 bits per heavy atom. The van der Waals surface area contributed by atoms with Gasteiger partial charge in [0, 0.05) is 5.69 Å². The molecule has 116 valence electrons. The largest absolute Gasteiger partial charge is 0.481 e. The molecule has 0 aliphatic rings. The molecular formula is C19H23NO2. The number of rotatable bonds is 4. The second kappa shape index (κ2) is 6.65. The Balaban J connectivity index is 2.07. The summed E-state index contributed by atoms with van der Waals surface area (Å²) in [5, 5.41) is 2.91. The number of hydrogen-bond acceptors (Lipinski definition) is 2. The van der Waals surface area contributed by atoms with Crippen LogP contribution in [0.4, 0.5) is 5.69 Å². The number of hydrogen-bond donors (Lipinski definition) is 1. The Morgan fingerprint density at radius 2 is 1.59 bits per heavy atom. The second-order valence-electron chi connectivity index (χ2n) is 5.89. The van der Waals surface area contributed by atoms with E-state index in [9.17, 15) is 4.79 Å². The molecule has 2 aromatic carbocycles. The van der Waals surface area contributed by atoms with Crippen LogP contribution in [-0.2, 0) is 4.79 Å². The van der Waals surface area contributed by atoms with Gasteiger partial charge in [0.15, 0.2) is 6.10 Å². The fourth-order valence-electron chi connectivity index (χ4n) is 2.37. The first kappa shape index (κ1) is 16.1. The normalized spacial score (nSPS) is 11.9. The molecule has 0 unspecified atom stereocenters. The van der Waals surface area contributed by atoms with Gasteiger partial charge in [-0.15, -0.1) is 0 Å². The number of ether oxygens (including phenoxy) is 1.